The van der Waals surface area contributed by atoms with E-state index in [-0.39, 0.29) is 22.6 Å². The van der Waals surface area contributed by atoms with Gasteiger partial charge in [-0.3, -0.25) is 14.5 Å². The number of aliphatic hydroxyl groups is 1. The van der Waals surface area contributed by atoms with Crippen LogP contribution in [0.1, 0.15) is 29.8 Å². The van der Waals surface area contributed by atoms with Crippen molar-refractivity contribution in [2.24, 2.45) is 0 Å². The largest absolute Gasteiger partial charge is 0.435 e. The van der Waals surface area contributed by atoms with Crippen LogP contribution in [-0.4, -0.2) is 28.4 Å². The molecule has 2 amide bonds. The number of hydrogen-bond acceptors (Lipinski definition) is 6. The summed E-state index contributed by atoms with van der Waals surface area (Å²) in [6.45, 7) is 0.0729. The highest BCUT2D eigenvalue weighted by Crippen LogP contribution is 2.45. The SMILES string of the molecule is CC1(NC(=O)c2ccc3c(c2)C(C)(O)C(=O)N3c2cccc(OC(F)F)c2)C=COS1. The summed E-state index contributed by atoms with van der Waals surface area (Å²) in [4.78, 5) is 26.2. The van der Waals surface area contributed by atoms with Gasteiger partial charge in [-0.05, 0) is 50.3 Å². The molecule has 31 heavy (non-hydrogen) atoms. The number of rotatable bonds is 5. The van der Waals surface area contributed by atoms with E-state index < -0.39 is 28.9 Å². The number of carbonyl (C=O) groups excluding carboxylic acids is 2. The lowest BCUT2D eigenvalue weighted by Gasteiger charge is -2.21. The first-order valence-corrected chi connectivity index (χ1v) is 9.96. The number of alkyl halides is 2. The Hall–Kier alpha value is -3.11. The van der Waals surface area contributed by atoms with Crippen LogP contribution in [0, 0.1) is 0 Å². The summed E-state index contributed by atoms with van der Waals surface area (Å²) in [7, 11) is 0. The van der Waals surface area contributed by atoms with E-state index in [0.29, 0.717) is 5.69 Å². The number of nitrogens with zero attached hydrogens (tertiary/aromatic N) is 1. The molecule has 0 saturated carbocycles. The van der Waals surface area contributed by atoms with E-state index in [1.54, 1.807) is 13.0 Å². The summed E-state index contributed by atoms with van der Waals surface area (Å²) in [5, 5.41) is 13.7. The summed E-state index contributed by atoms with van der Waals surface area (Å²) >= 11 is 1.08. The maximum absolute atomic E-state index is 13.0. The quantitative estimate of drug-likeness (QED) is 0.677. The highest BCUT2D eigenvalue weighted by atomic mass is 32.2. The molecule has 0 saturated heterocycles. The fourth-order valence-electron chi connectivity index (χ4n) is 3.43. The highest BCUT2D eigenvalue weighted by molar-refractivity contribution is 7.96. The Labute approximate surface area is 180 Å². The molecule has 2 heterocycles. The van der Waals surface area contributed by atoms with Gasteiger partial charge in [0.25, 0.3) is 11.8 Å². The molecule has 0 fully saturated rings. The summed E-state index contributed by atoms with van der Waals surface area (Å²) in [6, 6.07) is 10.1. The molecule has 10 heteroatoms. The van der Waals surface area contributed by atoms with E-state index in [4.69, 9.17) is 4.18 Å². The molecule has 0 spiro atoms. The molecule has 2 aromatic carbocycles. The lowest BCUT2D eigenvalue weighted by Crippen LogP contribution is -2.40. The molecule has 162 valence electrons. The number of hydrogen-bond donors (Lipinski definition) is 2. The van der Waals surface area contributed by atoms with E-state index >= 15 is 0 Å². The van der Waals surface area contributed by atoms with Crippen LogP contribution in [0.3, 0.4) is 0 Å². The van der Waals surface area contributed by atoms with Gasteiger partial charge in [0, 0.05) is 17.2 Å². The third-order valence-electron chi connectivity index (χ3n) is 4.97. The Balaban J connectivity index is 1.69. The van der Waals surface area contributed by atoms with Crippen molar-refractivity contribution >= 4 is 35.2 Å². The molecule has 2 aromatic rings. The minimum atomic E-state index is -3.01. The molecule has 4 rings (SSSR count). The molecule has 0 aliphatic carbocycles. The molecule has 2 N–H and O–H groups in total. The Morgan fingerprint density at radius 3 is 2.71 bits per heavy atom. The van der Waals surface area contributed by atoms with Crippen molar-refractivity contribution in [2.45, 2.75) is 30.9 Å². The number of benzene rings is 2. The predicted molar refractivity (Wildman–Crippen MR) is 110 cm³/mol. The first-order chi connectivity index (χ1) is 14.6. The van der Waals surface area contributed by atoms with Crippen LogP contribution in [0.15, 0.2) is 54.8 Å². The molecule has 0 radical (unpaired) electrons. The van der Waals surface area contributed by atoms with Gasteiger partial charge in [0.1, 0.15) is 16.9 Å². The van der Waals surface area contributed by atoms with Crippen molar-refractivity contribution in [1.82, 2.24) is 5.32 Å². The van der Waals surface area contributed by atoms with E-state index in [0.717, 1.165) is 12.0 Å². The first-order valence-electron chi connectivity index (χ1n) is 9.22. The first kappa shape index (κ1) is 21.1. The van der Waals surface area contributed by atoms with E-state index in [1.807, 2.05) is 0 Å². The second kappa shape index (κ2) is 7.54. The van der Waals surface area contributed by atoms with E-state index in [9.17, 15) is 23.5 Å². The average molecular weight is 448 g/mol. The lowest BCUT2D eigenvalue weighted by molar-refractivity contribution is -0.133. The molecule has 2 aliphatic rings. The minimum absolute atomic E-state index is 0.123. The molecule has 2 unspecified atom stereocenters. The van der Waals surface area contributed by atoms with Crippen molar-refractivity contribution < 1.29 is 32.4 Å². The zero-order chi connectivity index (χ0) is 22.4. The van der Waals surface area contributed by atoms with Gasteiger partial charge in [-0.15, -0.1) is 0 Å². The number of amides is 2. The highest BCUT2D eigenvalue weighted by Gasteiger charge is 2.47. The molecule has 7 nitrogen and oxygen atoms in total. The smallest absolute Gasteiger partial charge is 0.387 e. The fraction of sp³-hybridized carbons (Fsp3) is 0.238. The molecule has 0 bridgehead atoms. The second-order valence-corrected chi connectivity index (χ2v) is 8.57. The standard InChI is InChI=1S/C21H18F2N2O5S/c1-20(8-9-29-31-20)24-17(26)12-6-7-16-15(10-12)21(2,28)18(27)25(16)13-4-3-5-14(11-13)30-19(22)23/h3-11,19,28H,1-2H3,(H,24,26). The van der Waals surface area contributed by atoms with Gasteiger partial charge in [-0.1, -0.05) is 6.07 Å². The third kappa shape index (κ3) is 3.84. The molecule has 0 aromatic heterocycles. The Morgan fingerprint density at radius 2 is 2.03 bits per heavy atom. The van der Waals surface area contributed by atoms with Crippen LogP contribution in [0.5, 0.6) is 5.75 Å². The number of anilines is 2. The fourth-order valence-corrected chi connectivity index (χ4v) is 3.99. The topological polar surface area (TPSA) is 88.1 Å². The molecular weight excluding hydrogens is 430 g/mol. The van der Waals surface area contributed by atoms with Crippen LogP contribution >= 0.6 is 12.0 Å². The second-order valence-electron chi connectivity index (χ2n) is 7.36. The summed E-state index contributed by atoms with van der Waals surface area (Å²) in [6.07, 6.45) is 3.17. The number of carbonyl (C=O) groups is 2. The van der Waals surface area contributed by atoms with Gasteiger partial charge < -0.3 is 19.3 Å². The zero-order valence-corrected chi connectivity index (χ0v) is 17.3. The number of nitrogens with one attached hydrogen (secondary N) is 1. The normalized spacial score (nSPS) is 24.3. The molecule has 2 aliphatic heterocycles. The Bertz CT molecular complexity index is 1090. The van der Waals surface area contributed by atoms with E-state index in [1.165, 1.54) is 60.6 Å². The van der Waals surface area contributed by atoms with Gasteiger partial charge in [-0.2, -0.15) is 8.78 Å². The van der Waals surface area contributed by atoms with Crippen LogP contribution in [0.25, 0.3) is 0 Å². The van der Waals surface area contributed by atoms with Crippen LogP contribution in [-0.2, 0) is 14.6 Å². The predicted octanol–water partition coefficient (Wildman–Crippen LogP) is 3.81. The van der Waals surface area contributed by atoms with Gasteiger partial charge in [0.15, 0.2) is 5.60 Å². The van der Waals surface area contributed by atoms with E-state index in [2.05, 4.69) is 10.1 Å². The minimum Gasteiger partial charge on any atom is -0.435 e. The maximum Gasteiger partial charge on any atom is 0.387 e. The van der Waals surface area contributed by atoms with Gasteiger partial charge >= 0.3 is 6.61 Å². The van der Waals surface area contributed by atoms with Crippen LogP contribution < -0.4 is 15.0 Å². The van der Waals surface area contributed by atoms with Gasteiger partial charge in [-0.25, -0.2) is 0 Å². The van der Waals surface area contributed by atoms with Gasteiger partial charge in [0.05, 0.1) is 23.4 Å². The summed E-state index contributed by atoms with van der Waals surface area (Å²) < 4.78 is 34.6. The van der Waals surface area contributed by atoms with Crippen molar-refractivity contribution in [1.29, 1.82) is 0 Å². The van der Waals surface area contributed by atoms with Gasteiger partial charge in [0.2, 0.25) is 0 Å². The Kier molecular flexibility index (Phi) is 5.14. The van der Waals surface area contributed by atoms with Crippen LogP contribution in [0.2, 0.25) is 0 Å². The maximum atomic E-state index is 13.0. The van der Waals surface area contributed by atoms with Crippen molar-refractivity contribution in [3.05, 3.63) is 65.9 Å². The third-order valence-corrected chi connectivity index (χ3v) is 5.76. The van der Waals surface area contributed by atoms with Crippen molar-refractivity contribution in [3.8, 4) is 5.75 Å². The zero-order valence-electron chi connectivity index (χ0n) is 16.5. The van der Waals surface area contributed by atoms with Crippen LogP contribution in [0.4, 0.5) is 20.2 Å². The Morgan fingerprint density at radius 1 is 1.26 bits per heavy atom. The monoisotopic (exact) mass is 448 g/mol. The number of ether oxygens (including phenoxy) is 1. The van der Waals surface area contributed by atoms with Crippen molar-refractivity contribution in [2.75, 3.05) is 4.90 Å². The molecule has 2 atom stereocenters. The van der Waals surface area contributed by atoms with Crippen molar-refractivity contribution in [3.63, 3.8) is 0 Å². The summed E-state index contributed by atoms with van der Waals surface area (Å²) in [5.41, 5.74) is -0.867. The number of fused-ring (bicyclic) bond motifs is 1. The lowest BCUT2D eigenvalue weighted by atomic mass is 9.96. The average Bonchev–Trinajstić information content (AvgIpc) is 3.21. The molecular formula is C21H18F2N2O5S. The summed E-state index contributed by atoms with van der Waals surface area (Å²) in [5.74, 6) is -1.21. The number of halogens is 2.